The van der Waals surface area contributed by atoms with E-state index in [9.17, 15) is 4.39 Å². The Morgan fingerprint density at radius 3 is 2.57 bits per heavy atom. The maximum Gasteiger partial charge on any atom is 0.123 e. The minimum absolute atomic E-state index is 0.0353. The predicted molar refractivity (Wildman–Crippen MR) is 93.1 cm³/mol. The first-order valence-electron chi connectivity index (χ1n) is 6.97. The summed E-state index contributed by atoms with van der Waals surface area (Å²) in [4.78, 5) is 0. The Morgan fingerprint density at radius 2 is 1.90 bits per heavy atom. The number of halogens is 3. The van der Waals surface area contributed by atoms with Crippen LogP contribution in [0.2, 0.25) is 0 Å². The van der Waals surface area contributed by atoms with Crippen LogP contribution in [0.4, 0.5) is 4.39 Å². The van der Waals surface area contributed by atoms with E-state index in [2.05, 4.69) is 63.2 Å². The van der Waals surface area contributed by atoms with Crippen molar-refractivity contribution in [3.8, 4) is 0 Å². The second-order valence-electron chi connectivity index (χ2n) is 5.07. The van der Waals surface area contributed by atoms with E-state index in [1.165, 1.54) is 11.6 Å². The Balaban J connectivity index is 2.47. The summed E-state index contributed by atoms with van der Waals surface area (Å²) in [5.41, 5.74) is 3.20. The highest BCUT2D eigenvalue weighted by Crippen LogP contribution is 2.33. The van der Waals surface area contributed by atoms with E-state index in [0.29, 0.717) is 0 Å². The lowest BCUT2D eigenvalue weighted by Gasteiger charge is -2.22. The maximum atomic E-state index is 13.6. The topological polar surface area (TPSA) is 12.0 Å². The zero-order valence-electron chi connectivity index (χ0n) is 12.1. The summed E-state index contributed by atoms with van der Waals surface area (Å²) in [7, 11) is 0. The number of hydrogen-bond acceptors (Lipinski definition) is 1. The van der Waals surface area contributed by atoms with E-state index in [1.807, 2.05) is 6.07 Å². The highest BCUT2D eigenvalue weighted by Gasteiger charge is 2.18. The zero-order chi connectivity index (χ0) is 15.4. The molecule has 0 saturated heterocycles. The van der Waals surface area contributed by atoms with Gasteiger partial charge >= 0.3 is 0 Å². The lowest BCUT2D eigenvalue weighted by molar-refractivity contribution is 0.584. The Hall–Kier alpha value is -0.710. The van der Waals surface area contributed by atoms with Crippen molar-refractivity contribution in [1.82, 2.24) is 5.32 Å². The molecule has 1 unspecified atom stereocenters. The summed E-state index contributed by atoms with van der Waals surface area (Å²) >= 11 is 7.22. The average Bonchev–Trinajstić information content (AvgIpc) is 2.44. The van der Waals surface area contributed by atoms with Crippen LogP contribution in [-0.2, 0) is 0 Å². The van der Waals surface area contributed by atoms with Crippen LogP contribution < -0.4 is 5.32 Å². The van der Waals surface area contributed by atoms with Crippen molar-refractivity contribution in [2.45, 2.75) is 26.3 Å². The second kappa shape index (κ2) is 7.52. The third-order valence-electron chi connectivity index (χ3n) is 3.37. The third-order valence-corrected chi connectivity index (χ3v) is 4.91. The molecule has 2 rings (SSSR count). The lowest BCUT2D eigenvalue weighted by Crippen LogP contribution is -2.23. The van der Waals surface area contributed by atoms with E-state index in [1.54, 1.807) is 12.1 Å². The van der Waals surface area contributed by atoms with Gasteiger partial charge in [-0.3, -0.25) is 0 Å². The molecule has 0 aliphatic rings. The first-order chi connectivity index (χ1) is 10.0. The minimum Gasteiger partial charge on any atom is -0.306 e. The fraction of sp³-hybridized carbons (Fsp3) is 0.294. The molecule has 0 aliphatic carbocycles. The van der Waals surface area contributed by atoms with E-state index < -0.39 is 0 Å². The van der Waals surface area contributed by atoms with Gasteiger partial charge < -0.3 is 5.32 Å². The number of hydrogen-bond donors (Lipinski definition) is 1. The Morgan fingerprint density at radius 1 is 1.14 bits per heavy atom. The standard InChI is InChI=1S/C17H18Br2FN/c1-3-7-21-17(12-5-4-6-13(20)9-12)14-10-15(18)11(2)8-16(14)19/h4-6,8-10,17,21H,3,7H2,1-2H3. The van der Waals surface area contributed by atoms with E-state index in [-0.39, 0.29) is 11.9 Å². The van der Waals surface area contributed by atoms with Crippen LogP contribution >= 0.6 is 31.9 Å². The van der Waals surface area contributed by atoms with Crippen LogP contribution in [0.1, 0.15) is 36.1 Å². The SMILES string of the molecule is CCCNC(c1cccc(F)c1)c1cc(Br)c(C)cc1Br. The van der Waals surface area contributed by atoms with Crippen LogP contribution in [-0.4, -0.2) is 6.54 Å². The summed E-state index contributed by atoms with van der Waals surface area (Å²) in [6, 6.07) is 10.9. The highest BCUT2D eigenvalue weighted by molar-refractivity contribution is 9.11. The Labute approximate surface area is 142 Å². The van der Waals surface area contributed by atoms with E-state index in [0.717, 1.165) is 33.0 Å². The Bertz CT molecular complexity index is 628. The average molecular weight is 415 g/mol. The van der Waals surface area contributed by atoms with Gasteiger partial charge in [0.1, 0.15) is 5.82 Å². The molecular formula is C17H18Br2FN. The molecule has 0 radical (unpaired) electrons. The van der Waals surface area contributed by atoms with Crippen LogP contribution in [0, 0.1) is 12.7 Å². The highest BCUT2D eigenvalue weighted by atomic mass is 79.9. The van der Waals surface area contributed by atoms with Crippen molar-refractivity contribution in [2.75, 3.05) is 6.54 Å². The molecule has 1 N–H and O–H groups in total. The number of nitrogens with one attached hydrogen (secondary N) is 1. The molecule has 4 heteroatoms. The quantitative estimate of drug-likeness (QED) is 0.656. The van der Waals surface area contributed by atoms with Crippen LogP contribution in [0.25, 0.3) is 0 Å². The fourth-order valence-corrected chi connectivity index (χ4v) is 3.31. The molecule has 0 bridgehead atoms. The summed E-state index contributed by atoms with van der Waals surface area (Å²) in [6.45, 7) is 5.05. The molecule has 0 aliphatic heterocycles. The molecule has 2 aromatic rings. The van der Waals surface area contributed by atoms with Crippen molar-refractivity contribution in [1.29, 1.82) is 0 Å². The second-order valence-corrected chi connectivity index (χ2v) is 6.77. The number of benzene rings is 2. The van der Waals surface area contributed by atoms with Gasteiger partial charge in [-0.2, -0.15) is 0 Å². The number of aryl methyl sites for hydroxylation is 1. The largest absolute Gasteiger partial charge is 0.306 e. The zero-order valence-corrected chi connectivity index (χ0v) is 15.3. The maximum absolute atomic E-state index is 13.6. The van der Waals surface area contributed by atoms with Gasteiger partial charge in [-0.1, -0.05) is 50.9 Å². The van der Waals surface area contributed by atoms with Gasteiger partial charge in [-0.25, -0.2) is 4.39 Å². The monoisotopic (exact) mass is 413 g/mol. The Kier molecular flexibility index (Phi) is 5.97. The third kappa shape index (κ3) is 4.15. The summed E-state index contributed by atoms with van der Waals surface area (Å²) in [5.74, 6) is -0.210. The van der Waals surface area contributed by atoms with Crippen molar-refractivity contribution >= 4 is 31.9 Å². The van der Waals surface area contributed by atoms with Crippen LogP contribution in [0.3, 0.4) is 0 Å². The van der Waals surface area contributed by atoms with E-state index in [4.69, 9.17) is 0 Å². The smallest absolute Gasteiger partial charge is 0.123 e. The number of rotatable bonds is 5. The molecule has 0 spiro atoms. The lowest BCUT2D eigenvalue weighted by atomic mass is 9.97. The first-order valence-corrected chi connectivity index (χ1v) is 8.56. The molecular weight excluding hydrogens is 397 g/mol. The van der Waals surface area contributed by atoms with Gasteiger partial charge in [0.15, 0.2) is 0 Å². The summed E-state index contributed by atoms with van der Waals surface area (Å²) in [6.07, 6.45) is 1.02. The van der Waals surface area contributed by atoms with E-state index >= 15 is 0 Å². The van der Waals surface area contributed by atoms with Gasteiger partial charge in [0.2, 0.25) is 0 Å². The molecule has 21 heavy (non-hydrogen) atoms. The van der Waals surface area contributed by atoms with Crippen molar-refractivity contribution in [3.05, 3.63) is 67.9 Å². The van der Waals surface area contributed by atoms with Gasteiger partial charge in [0, 0.05) is 8.95 Å². The fourth-order valence-electron chi connectivity index (χ4n) is 2.27. The molecule has 0 heterocycles. The van der Waals surface area contributed by atoms with Gasteiger partial charge in [-0.05, 0) is 60.8 Å². The summed E-state index contributed by atoms with van der Waals surface area (Å²) in [5, 5.41) is 3.50. The van der Waals surface area contributed by atoms with Gasteiger partial charge in [-0.15, -0.1) is 0 Å². The van der Waals surface area contributed by atoms with Gasteiger partial charge in [0.05, 0.1) is 6.04 Å². The molecule has 1 nitrogen and oxygen atoms in total. The minimum atomic E-state index is -0.210. The predicted octanol–water partition coefficient (Wildman–Crippen LogP) is 5.75. The van der Waals surface area contributed by atoms with Crippen molar-refractivity contribution < 1.29 is 4.39 Å². The molecule has 112 valence electrons. The summed E-state index contributed by atoms with van der Waals surface area (Å²) < 4.78 is 15.6. The molecule has 0 saturated carbocycles. The van der Waals surface area contributed by atoms with Gasteiger partial charge in [0.25, 0.3) is 0 Å². The van der Waals surface area contributed by atoms with Crippen molar-refractivity contribution in [2.24, 2.45) is 0 Å². The van der Waals surface area contributed by atoms with Crippen molar-refractivity contribution in [3.63, 3.8) is 0 Å². The molecule has 0 amide bonds. The molecule has 0 fully saturated rings. The van der Waals surface area contributed by atoms with Crippen LogP contribution in [0.5, 0.6) is 0 Å². The molecule has 1 atom stereocenters. The molecule has 2 aromatic carbocycles. The normalized spacial score (nSPS) is 12.4. The molecule has 0 aromatic heterocycles. The van der Waals surface area contributed by atoms with Crippen LogP contribution in [0.15, 0.2) is 45.3 Å². The first kappa shape index (κ1) is 16.7.